The van der Waals surface area contributed by atoms with Gasteiger partial charge in [-0.1, -0.05) is 0 Å². The molecule has 21 heavy (non-hydrogen) atoms. The van der Waals surface area contributed by atoms with E-state index < -0.39 is 6.23 Å². The van der Waals surface area contributed by atoms with E-state index in [4.69, 9.17) is 0 Å². The molecule has 5 rings (SSSR count). The molecule has 4 bridgehead atoms. The Morgan fingerprint density at radius 3 is 2.62 bits per heavy atom. The summed E-state index contributed by atoms with van der Waals surface area (Å²) in [5.74, 6) is 1.17. The number of carbonyl (C=O) groups excluding carboxylic acids is 2. The first-order valence-corrected chi connectivity index (χ1v) is 8.09. The minimum absolute atomic E-state index is 0.0244. The van der Waals surface area contributed by atoms with Gasteiger partial charge in [0.15, 0.2) is 0 Å². The normalized spacial score (nSPS) is 44.4. The smallest absolute Gasteiger partial charge is 0.241 e. The Hall–Kier alpha value is -1.14. The number of nitrogens with one attached hydrogen (secondary N) is 2. The van der Waals surface area contributed by atoms with Crippen LogP contribution < -0.4 is 10.6 Å². The summed E-state index contributed by atoms with van der Waals surface area (Å²) < 4.78 is 0. The quantitative estimate of drug-likeness (QED) is 0.680. The van der Waals surface area contributed by atoms with Gasteiger partial charge in [-0.2, -0.15) is 0 Å². The summed E-state index contributed by atoms with van der Waals surface area (Å²) in [4.78, 5) is 25.3. The van der Waals surface area contributed by atoms with Crippen LogP contribution in [0.25, 0.3) is 0 Å². The van der Waals surface area contributed by atoms with E-state index in [1.807, 2.05) is 0 Å². The Morgan fingerprint density at radius 1 is 1.33 bits per heavy atom. The first-order chi connectivity index (χ1) is 10.0. The fraction of sp³-hybridized carbons (Fsp3) is 0.867. The van der Waals surface area contributed by atoms with E-state index in [2.05, 4.69) is 10.6 Å². The van der Waals surface area contributed by atoms with Gasteiger partial charge in [0.1, 0.15) is 12.8 Å². The third kappa shape index (κ3) is 2.34. The number of rotatable bonds is 3. The van der Waals surface area contributed by atoms with Gasteiger partial charge >= 0.3 is 0 Å². The molecule has 0 spiro atoms. The lowest BCUT2D eigenvalue weighted by Gasteiger charge is -2.57. The molecule has 3 atom stereocenters. The van der Waals surface area contributed by atoms with Crippen LogP contribution in [0.5, 0.6) is 0 Å². The summed E-state index contributed by atoms with van der Waals surface area (Å²) >= 11 is 0. The molecule has 2 saturated carbocycles. The molecule has 116 valence electrons. The first kappa shape index (κ1) is 13.5. The average Bonchev–Trinajstić information content (AvgIpc) is 2.68. The maximum Gasteiger partial charge on any atom is 0.241 e. The van der Waals surface area contributed by atoms with Crippen molar-refractivity contribution in [2.24, 2.45) is 11.8 Å². The predicted molar refractivity (Wildman–Crippen MR) is 74.8 cm³/mol. The van der Waals surface area contributed by atoms with E-state index >= 15 is 0 Å². The molecule has 3 unspecified atom stereocenters. The molecule has 0 aromatic heterocycles. The van der Waals surface area contributed by atoms with Crippen LogP contribution in [-0.2, 0) is 9.59 Å². The van der Waals surface area contributed by atoms with Gasteiger partial charge in [-0.25, -0.2) is 0 Å². The summed E-state index contributed by atoms with van der Waals surface area (Å²) in [6, 6.07) is 0.538. The molecule has 3 saturated heterocycles. The summed E-state index contributed by atoms with van der Waals surface area (Å²) in [7, 11) is 0. The summed E-state index contributed by atoms with van der Waals surface area (Å²) in [5, 5.41) is 16.5. The lowest BCUT2D eigenvalue weighted by Crippen LogP contribution is -2.71. The van der Waals surface area contributed by atoms with Crippen molar-refractivity contribution in [1.82, 2.24) is 15.5 Å². The van der Waals surface area contributed by atoms with Gasteiger partial charge in [0.2, 0.25) is 11.8 Å². The lowest BCUT2D eigenvalue weighted by molar-refractivity contribution is -0.141. The standard InChI is InChI=1S/C15H23N3O3/c19-12(8-18-13(20)1-2-14(18)21)17-15-6-9-3-10(7-15)5-11(4-9)16-15/h9-11,13,16,20H,1-8H2,(H,17,19). The Kier molecular flexibility index (Phi) is 3.01. The maximum absolute atomic E-state index is 12.3. The van der Waals surface area contributed by atoms with E-state index in [0.717, 1.165) is 24.7 Å². The van der Waals surface area contributed by atoms with Crippen LogP contribution >= 0.6 is 0 Å². The number of carbonyl (C=O) groups is 2. The summed E-state index contributed by atoms with van der Waals surface area (Å²) in [6.07, 6.45) is 5.75. The highest BCUT2D eigenvalue weighted by Crippen LogP contribution is 2.48. The van der Waals surface area contributed by atoms with Crippen LogP contribution in [0, 0.1) is 11.8 Å². The molecule has 0 aromatic rings. The van der Waals surface area contributed by atoms with E-state index in [9.17, 15) is 14.7 Å². The zero-order valence-corrected chi connectivity index (χ0v) is 12.2. The molecule has 0 radical (unpaired) electrons. The third-order valence-electron chi connectivity index (χ3n) is 5.65. The topological polar surface area (TPSA) is 81.7 Å². The molecule has 3 heterocycles. The summed E-state index contributed by atoms with van der Waals surface area (Å²) in [5.41, 5.74) is -0.264. The highest BCUT2D eigenvalue weighted by molar-refractivity contribution is 5.86. The van der Waals surface area contributed by atoms with E-state index in [0.29, 0.717) is 18.9 Å². The van der Waals surface area contributed by atoms with Gasteiger partial charge in [0.25, 0.3) is 0 Å². The Balaban J connectivity index is 1.41. The second kappa shape index (κ2) is 4.68. The molecule has 2 amide bonds. The van der Waals surface area contributed by atoms with Crippen LogP contribution in [-0.4, -0.2) is 46.3 Å². The highest BCUT2D eigenvalue weighted by atomic mass is 16.3. The predicted octanol–water partition coefficient (Wildman–Crippen LogP) is -0.0784. The van der Waals surface area contributed by atoms with E-state index in [1.54, 1.807) is 0 Å². The van der Waals surface area contributed by atoms with Crippen LogP contribution in [0.1, 0.15) is 44.9 Å². The Labute approximate surface area is 124 Å². The number of likely N-dealkylation sites (tertiary alicyclic amines) is 1. The highest BCUT2D eigenvalue weighted by Gasteiger charge is 2.51. The number of amides is 2. The Morgan fingerprint density at radius 2 is 2.05 bits per heavy atom. The molecule has 6 nitrogen and oxygen atoms in total. The number of hydrogen-bond acceptors (Lipinski definition) is 4. The van der Waals surface area contributed by atoms with Gasteiger partial charge in [-0.15, -0.1) is 0 Å². The van der Waals surface area contributed by atoms with Crippen molar-refractivity contribution in [2.75, 3.05) is 6.54 Å². The van der Waals surface area contributed by atoms with Crippen LogP contribution in [0.4, 0.5) is 0 Å². The Bertz CT molecular complexity index is 444. The van der Waals surface area contributed by atoms with Crippen molar-refractivity contribution in [1.29, 1.82) is 0 Å². The van der Waals surface area contributed by atoms with Gasteiger partial charge in [0.05, 0.1) is 5.66 Å². The van der Waals surface area contributed by atoms with Crippen LogP contribution in [0.15, 0.2) is 0 Å². The molecule has 2 aliphatic carbocycles. The molecule has 5 fully saturated rings. The number of nitrogens with zero attached hydrogens (tertiary/aromatic N) is 1. The van der Waals surface area contributed by atoms with Crippen LogP contribution in [0.2, 0.25) is 0 Å². The van der Waals surface area contributed by atoms with Gasteiger partial charge in [0, 0.05) is 18.9 Å². The average molecular weight is 293 g/mol. The van der Waals surface area contributed by atoms with Gasteiger partial charge < -0.3 is 15.3 Å². The van der Waals surface area contributed by atoms with Crippen molar-refractivity contribution < 1.29 is 14.7 Å². The van der Waals surface area contributed by atoms with Crippen molar-refractivity contribution in [3.63, 3.8) is 0 Å². The molecular formula is C15H23N3O3. The zero-order chi connectivity index (χ0) is 14.6. The monoisotopic (exact) mass is 293 g/mol. The number of aliphatic hydroxyl groups excluding tert-OH is 1. The number of aliphatic hydroxyl groups is 1. The van der Waals surface area contributed by atoms with Crippen LogP contribution in [0.3, 0.4) is 0 Å². The van der Waals surface area contributed by atoms with E-state index in [1.165, 1.54) is 24.2 Å². The SMILES string of the molecule is O=C(CN1C(=O)CCC1O)NC12CC3CC(CC(C3)N1)C2. The second-order valence-electron chi connectivity index (χ2n) is 7.36. The van der Waals surface area contributed by atoms with Gasteiger partial charge in [-0.3, -0.25) is 14.9 Å². The molecule has 6 heteroatoms. The minimum atomic E-state index is -0.799. The third-order valence-corrected chi connectivity index (χ3v) is 5.65. The van der Waals surface area contributed by atoms with E-state index in [-0.39, 0.29) is 24.0 Å². The number of piperidine rings is 2. The lowest BCUT2D eigenvalue weighted by atomic mass is 9.62. The van der Waals surface area contributed by atoms with Gasteiger partial charge in [-0.05, 0) is 43.9 Å². The molecule has 5 aliphatic rings. The molecule has 3 aliphatic heterocycles. The zero-order valence-electron chi connectivity index (χ0n) is 12.2. The molecule has 0 aromatic carbocycles. The second-order valence-corrected chi connectivity index (χ2v) is 7.36. The fourth-order valence-electron chi connectivity index (χ4n) is 5.10. The van der Waals surface area contributed by atoms with Crippen molar-refractivity contribution in [3.8, 4) is 0 Å². The molecule has 3 N–H and O–H groups in total. The number of hydrogen-bond donors (Lipinski definition) is 3. The fourth-order valence-corrected chi connectivity index (χ4v) is 5.10. The molecular weight excluding hydrogens is 270 g/mol. The van der Waals surface area contributed by atoms with Crippen molar-refractivity contribution in [2.45, 2.75) is 62.9 Å². The largest absolute Gasteiger partial charge is 0.373 e. The summed E-state index contributed by atoms with van der Waals surface area (Å²) in [6.45, 7) is -0.0244. The van der Waals surface area contributed by atoms with Crippen molar-refractivity contribution >= 4 is 11.8 Å². The maximum atomic E-state index is 12.3. The minimum Gasteiger partial charge on any atom is -0.373 e. The first-order valence-electron chi connectivity index (χ1n) is 8.09. The van der Waals surface area contributed by atoms with Crippen molar-refractivity contribution in [3.05, 3.63) is 0 Å².